The van der Waals surface area contributed by atoms with Crippen molar-refractivity contribution in [3.8, 4) is 0 Å². The highest BCUT2D eigenvalue weighted by atomic mass is 16.6. The van der Waals surface area contributed by atoms with Crippen LogP contribution >= 0.6 is 0 Å². The van der Waals surface area contributed by atoms with Crippen molar-refractivity contribution in [3.63, 3.8) is 0 Å². The number of rotatable bonds is 6. The largest absolute Gasteiger partial charge is 0.494 e. The smallest absolute Gasteiger partial charge is 0.417 e. The zero-order valence-corrected chi connectivity index (χ0v) is 16.9. The standard InChI is InChI=1S/C26H25NO3/c1-26(21-13-7-3-8-14-21,22-15-9-4-10-16-22)18-24(28)27-23(19-30-25(27)29)17-20-11-5-2-6-12-20/h2-16,18,23,28H,17,19H2,1H3/b24-18-/t23-/m0/s1. The van der Waals surface area contributed by atoms with Gasteiger partial charge in [-0.05, 0) is 36.1 Å². The molecule has 0 saturated carbocycles. The molecule has 4 heteroatoms. The van der Waals surface area contributed by atoms with Gasteiger partial charge in [0.15, 0.2) is 5.88 Å². The summed E-state index contributed by atoms with van der Waals surface area (Å²) in [6.45, 7) is 2.29. The molecule has 0 bridgehead atoms. The number of ether oxygens (including phenoxy) is 1. The van der Waals surface area contributed by atoms with E-state index in [4.69, 9.17) is 4.74 Å². The van der Waals surface area contributed by atoms with E-state index in [1.165, 1.54) is 4.90 Å². The van der Waals surface area contributed by atoms with E-state index in [1.807, 2.05) is 97.9 Å². The Morgan fingerprint density at radius 2 is 1.47 bits per heavy atom. The molecular weight excluding hydrogens is 374 g/mol. The molecule has 1 aliphatic heterocycles. The summed E-state index contributed by atoms with van der Waals surface area (Å²) in [4.78, 5) is 13.9. The Labute approximate surface area is 177 Å². The van der Waals surface area contributed by atoms with Crippen LogP contribution in [0.15, 0.2) is 103 Å². The first-order valence-electron chi connectivity index (χ1n) is 10.1. The predicted molar refractivity (Wildman–Crippen MR) is 117 cm³/mol. The van der Waals surface area contributed by atoms with E-state index in [-0.39, 0.29) is 18.5 Å². The lowest BCUT2D eigenvalue weighted by molar-refractivity contribution is 0.148. The Bertz CT molecular complexity index is 976. The summed E-state index contributed by atoms with van der Waals surface area (Å²) < 4.78 is 5.28. The summed E-state index contributed by atoms with van der Waals surface area (Å²) in [6.07, 6.45) is 1.84. The molecule has 1 atom stereocenters. The fourth-order valence-corrected chi connectivity index (χ4v) is 4.01. The maximum atomic E-state index is 12.5. The van der Waals surface area contributed by atoms with E-state index in [1.54, 1.807) is 6.08 Å². The van der Waals surface area contributed by atoms with E-state index >= 15 is 0 Å². The third kappa shape index (κ3) is 3.94. The Balaban J connectivity index is 1.71. The molecule has 1 N–H and O–H groups in total. The number of amides is 1. The lowest BCUT2D eigenvalue weighted by Crippen LogP contribution is -2.36. The summed E-state index contributed by atoms with van der Waals surface area (Å²) in [5, 5.41) is 11.1. The molecule has 1 fully saturated rings. The van der Waals surface area contributed by atoms with Gasteiger partial charge in [-0.1, -0.05) is 91.0 Å². The number of hydrogen-bond donors (Lipinski definition) is 1. The van der Waals surface area contributed by atoms with E-state index in [2.05, 4.69) is 0 Å². The van der Waals surface area contributed by atoms with Gasteiger partial charge in [-0.25, -0.2) is 9.69 Å². The molecule has 4 rings (SSSR count). The number of nitrogens with zero attached hydrogens (tertiary/aromatic N) is 1. The molecule has 1 aliphatic rings. The quantitative estimate of drug-likeness (QED) is 0.560. The topological polar surface area (TPSA) is 49.8 Å². The second-order valence-electron chi connectivity index (χ2n) is 7.73. The summed E-state index contributed by atoms with van der Waals surface area (Å²) in [6, 6.07) is 29.6. The minimum Gasteiger partial charge on any atom is -0.494 e. The predicted octanol–water partition coefficient (Wildman–Crippen LogP) is 5.46. The first kappa shape index (κ1) is 19.8. The van der Waals surface area contributed by atoms with Crippen molar-refractivity contribution in [1.82, 2.24) is 4.90 Å². The summed E-state index contributed by atoms with van der Waals surface area (Å²) >= 11 is 0. The van der Waals surface area contributed by atoms with Gasteiger partial charge in [-0.15, -0.1) is 0 Å². The number of cyclic esters (lactones) is 1. The molecule has 1 saturated heterocycles. The van der Waals surface area contributed by atoms with Gasteiger partial charge in [-0.2, -0.15) is 0 Å². The van der Waals surface area contributed by atoms with Crippen LogP contribution in [0.25, 0.3) is 0 Å². The molecule has 3 aromatic carbocycles. The van der Waals surface area contributed by atoms with Gasteiger partial charge < -0.3 is 9.84 Å². The summed E-state index contributed by atoms with van der Waals surface area (Å²) in [5.74, 6) is -0.0892. The van der Waals surface area contributed by atoms with Crippen LogP contribution in [0.2, 0.25) is 0 Å². The average molecular weight is 399 g/mol. The second kappa shape index (κ2) is 8.46. The number of carbonyl (C=O) groups is 1. The van der Waals surface area contributed by atoms with E-state index in [0.29, 0.717) is 6.42 Å². The van der Waals surface area contributed by atoms with Crippen LogP contribution in [-0.4, -0.2) is 28.7 Å². The number of hydrogen-bond acceptors (Lipinski definition) is 3. The molecular formula is C26H25NO3. The number of benzene rings is 3. The second-order valence-corrected chi connectivity index (χ2v) is 7.73. The third-order valence-corrected chi connectivity index (χ3v) is 5.69. The maximum Gasteiger partial charge on any atom is 0.417 e. The zero-order valence-electron chi connectivity index (χ0n) is 16.9. The van der Waals surface area contributed by atoms with Gasteiger partial charge in [0.1, 0.15) is 6.61 Å². The van der Waals surface area contributed by atoms with Crippen LogP contribution in [0, 0.1) is 0 Å². The maximum absolute atomic E-state index is 12.5. The molecule has 0 aliphatic carbocycles. The van der Waals surface area contributed by atoms with Crippen molar-refractivity contribution >= 4 is 6.09 Å². The molecule has 4 nitrogen and oxygen atoms in total. The monoisotopic (exact) mass is 399 g/mol. The number of allylic oxidation sites excluding steroid dienone is 1. The van der Waals surface area contributed by atoms with E-state index in [9.17, 15) is 9.90 Å². The molecule has 0 radical (unpaired) electrons. The van der Waals surface area contributed by atoms with Gasteiger partial charge in [0.25, 0.3) is 0 Å². The molecule has 152 valence electrons. The Morgan fingerprint density at radius 3 is 2.00 bits per heavy atom. The van der Waals surface area contributed by atoms with Crippen LogP contribution in [0.1, 0.15) is 23.6 Å². The van der Waals surface area contributed by atoms with Crippen LogP contribution in [0.5, 0.6) is 0 Å². The first-order valence-corrected chi connectivity index (χ1v) is 10.1. The minimum atomic E-state index is -0.618. The number of carbonyl (C=O) groups excluding carboxylic acids is 1. The molecule has 3 aromatic rings. The Morgan fingerprint density at radius 1 is 0.967 bits per heavy atom. The van der Waals surface area contributed by atoms with Crippen LogP contribution < -0.4 is 0 Å². The molecule has 1 heterocycles. The van der Waals surface area contributed by atoms with Crippen LogP contribution in [-0.2, 0) is 16.6 Å². The highest BCUT2D eigenvalue weighted by Gasteiger charge is 2.38. The fraction of sp³-hybridized carbons (Fsp3) is 0.192. The van der Waals surface area contributed by atoms with Crippen molar-refractivity contribution in [2.45, 2.75) is 24.8 Å². The van der Waals surface area contributed by atoms with Gasteiger partial charge in [-0.3, -0.25) is 0 Å². The van der Waals surface area contributed by atoms with Crippen molar-refractivity contribution in [2.24, 2.45) is 0 Å². The van der Waals surface area contributed by atoms with Crippen molar-refractivity contribution < 1.29 is 14.6 Å². The summed E-state index contributed by atoms with van der Waals surface area (Å²) in [5.41, 5.74) is 2.52. The van der Waals surface area contributed by atoms with Crippen molar-refractivity contribution in [3.05, 3.63) is 120 Å². The Kier molecular flexibility index (Phi) is 5.57. The van der Waals surface area contributed by atoms with Crippen LogP contribution in [0.3, 0.4) is 0 Å². The number of aliphatic hydroxyl groups is 1. The average Bonchev–Trinajstić information content (AvgIpc) is 3.15. The zero-order chi connectivity index (χ0) is 21.0. The molecule has 0 aromatic heterocycles. The molecule has 30 heavy (non-hydrogen) atoms. The van der Waals surface area contributed by atoms with Crippen LogP contribution in [0.4, 0.5) is 4.79 Å². The van der Waals surface area contributed by atoms with Gasteiger partial charge in [0, 0.05) is 5.41 Å². The van der Waals surface area contributed by atoms with E-state index in [0.717, 1.165) is 16.7 Å². The van der Waals surface area contributed by atoms with Gasteiger partial charge in [0.05, 0.1) is 6.04 Å². The Hall–Kier alpha value is -3.53. The molecule has 0 spiro atoms. The third-order valence-electron chi connectivity index (χ3n) is 5.69. The van der Waals surface area contributed by atoms with Crippen molar-refractivity contribution in [1.29, 1.82) is 0 Å². The van der Waals surface area contributed by atoms with Gasteiger partial charge in [0.2, 0.25) is 0 Å². The van der Waals surface area contributed by atoms with Gasteiger partial charge >= 0.3 is 6.09 Å². The number of aliphatic hydroxyl groups excluding tert-OH is 1. The summed E-state index contributed by atoms with van der Waals surface area (Å²) in [7, 11) is 0. The molecule has 0 unspecified atom stereocenters. The molecule has 1 amide bonds. The normalized spacial score (nSPS) is 17.1. The highest BCUT2D eigenvalue weighted by molar-refractivity contribution is 5.72. The lowest BCUT2D eigenvalue weighted by Gasteiger charge is -2.30. The first-order chi connectivity index (χ1) is 14.6. The SMILES string of the molecule is CC(/C=C(\O)N1C(=O)OC[C@@H]1Cc1ccccc1)(c1ccccc1)c1ccccc1. The highest BCUT2D eigenvalue weighted by Crippen LogP contribution is 2.35. The fourth-order valence-electron chi connectivity index (χ4n) is 4.01. The lowest BCUT2D eigenvalue weighted by atomic mass is 9.76. The van der Waals surface area contributed by atoms with E-state index < -0.39 is 11.5 Å². The minimum absolute atomic E-state index is 0.0892. The van der Waals surface area contributed by atoms with Crippen molar-refractivity contribution in [2.75, 3.05) is 6.61 Å².